The molecule has 5 rings (SSSR count). The molecule has 2 saturated carbocycles. The van der Waals surface area contributed by atoms with Crippen LogP contribution < -0.4 is 0 Å². The molecule has 4 fully saturated rings. The summed E-state index contributed by atoms with van der Waals surface area (Å²) >= 11 is 0. The van der Waals surface area contributed by atoms with Crippen molar-refractivity contribution in [3.8, 4) is 0 Å². The quantitative estimate of drug-likeness (QED) is 0.614. The fraction of sp³-hybridized carbons (Fsp3) is 0.733. The second kappa shape index (κ2) is 10.2. The van der Waals surface area contributed by atoms with Gasteiger partial charge in [0.05, 0.1) is 12.1 Å². The third-order valence-electron chi connectivity index (χ3n) is 9.92. The minimum Gasteiger partial charge on any atom is -0.387 e. The highest BCUT2D eigenvalue weighted by Crippen LogP contribution is 2.52. The van der Waals surface area contributed by atoms with Gasteiger partial charge in [-0.25, -0.2) is 0 Å². The van der Waals surface area contributed by atoms with Gasteiger partial charge < -0.3 is 14.9 Å². The minimum absolute atomic E-state index is 0.0644. The molecule has 5 heteroatoms. The number of rotatable bonds is 6. The molecule has 3 atom stereocenters. The van der Waals surface area contributed by atoms with Crippen LogP contribution in [-0.4, -0.2) is 58.5 Å². The number of carbonyl (C=O) groups excluding carboxylic acids is 2. The predicted octanol–water partition coefficient (Wildman–Crippen LogP) is 5.13. The van der Waals surface area contributed by atoms with Crippen LogP contribution in [0.3, 0.4) is 0 Å². The molecular weight excluding hydrogens is 436 g/mol. The first-order valence-electron chi connectivity index (χ1n) is 14.2. The number of β-amino-alcohol motifs (C(OH)–C–C–N with tert-alkyl or cyclic N) is 1. The first kappa shape index (κ1) is 24.8. The van der Waals surface area contributed by atoms with Crippen LogP contribution in [0, 0.1) is 17.3 Å². The van der Waals surface area contributed by atoms with Crippen molar-refractivity contribution in [2.45, 2.75) is 95.5 Å². The van der Waals surface area contributed by atoms with Gasteiger partial charge in [-0.05, 0) is 37.2 Å². The summed E-state index contributed by atoms with van der Waals surface area (Å²) in [4.78, 5) is 30.5. The van der Waals surface area contributed by atoms with Crippen molar-refractivity contribution >= 4 is 11.8 Å². The lowest BCUT2D eigenvalue weighted by atomic mass is 9.65. The maximum absolute atomic E-state index is 13.5. The van der Waals surface area contributed by atoms with Gasteiger partial charge in [0.1, 0.15) is 0 Å². The molecule has 0 bridgehead atoms. The Hall–Kier alpha value is -1.88. The molecule has 2 heterocycles. The smallest absolute Gasteiger partial charge is 0.225 e. The number of piperidine rings is 1. The molecular formula is C30H44N2O3. The molecule has 35 heavy (non-hydrogen) atoms. The second-order valence-electron chi connectivity index (χ2n) is 12.3. The van der Waals surface area contributed by atoms with Crippen LogP contribution in [0.25, 0.3) is 0 Å². The number of hydrogen-bond acceptors (Lipinski definition) is 3. The van der Waals surface area contributed by atoms with Crippen molar-refractivity contribution in [2.75, 3.05) is 26.2 Å². The Morgan fingerprint density at radius 2 is 1.77 bits per heavy atom. The van der Waals surface area contributed by atoms with Crippen LogP contribution in [0.4, 0.5) is 0 Å². The van der Waals surface area contributed by atoms with E-state index in [0.29, 0.717) is 44.9 Å². The second-order valence-corrected chi connectivity index (χ2v) is 12.3. The lowest BCUT2D eigenvalue weighted by molar-refractivity contribution is -0.167. The highest BCUT2D eigenvalue weighted by molar-refractivity contribution is 5.80. The number of benzene rings is 1. The Kier molecular flexibility index (Phi) is 7.25. The Balaban J connectivity index is 1.25. The van der Waals surface area contributed by atoms with Crippen molar-refractivity contribution in [1.29, 1.82) is 0 Å². The number of likely N-dealkylation sites (tertiary alicyclic amines) is 2. The SMILES string of the molecule is C[C@H](CC1CCCCC1)C(=O)N1CC[C@@](O)(CN2C[C@H](c3ccccc3)CC2=O)C2(CCCC2)C1. The molecule has 5 nitrogen and oxygen atoms in total. The van der Waals surface area contributed by atoms with E-state index < -0.39 is 5.60 Å². The average molecular weight is 481 g/mol. The molecule has 192 valence electrons. The van der Waals surface area contributed by atoms with Crippen LogP contribution >= 0.6 is 0 Å². The van der Waals surface area contributed by atoms with Crippen LogP contribution in [-0.2, 0) is 9.59 Å². The third-order valence-corrected chi connectivity index (χ3v) is 9.92. The van der Waals surface area contributed by atoms with Gasteiger partial charge in [-0.2, -0.15) is 0 Å². The highest BCUT2D eigenvalue weighted by Gasteiger charge is 2.57. The van der Waals surface area contributed by atoms with Gasteiger partial charge >= 0.3 is 0 Å². The summed E-state index contributed by atoms with van der Waals surface area (Å²) in [6.07, 6.45) is 12.7. The fourth-order valence-electron chi connectivity index (χ4n) is 7.81. The van der Waals surface area contributed by atoms with Crippen molar-refractivity contribution in [2.24, 2.45) is 17.3 Å². The summed E-state index contributed by atoms with van der Waals surface area (Å²) in [7, 11) is 0. The van der Waals surface area contributed by atoms with Crippen molar-refractivity contribution in [3.63, 3.8) is 0 Å². The van der Waals surface area contributed by atoms with E-state index in [9.17, 15) is 14.7 Å². The number of aliphatic hydroxyl groups is 1. The molecule has 1 N–H and O–H groups in total. The Bertz CT molecular complexity index is 890. The van der Waals surface area contributed by atoms with Gasteiger partial charge in [0, 0.05) is 43.3 Å². The third kappa shape index (κ3) is 5.03. The highest BCUT2D eigenvalue weighted by atomic mass is 16.3. The van der Waals surface area contributed by atoms with E-state index >= 15 is 0 Å². The fourth-order valence-corrected chi connectivity index (χ4v) is 7.81. The summed E-state index contributed by atoms with van der Waals surface area (Å²) in [5.41, 5.74) is 0.0170. The predicted molar refractivity (Wildman–Crippen MR) is 138 cm³/mol. The molecule has 2 aliphatic carbocycles. The monoisotopic (exact) mass is 480 g/mol. The maximum atomic E-state index is 13.5. The van der Waals surface area contributed by atoms with Gasteiger partial charge in [0.15, 0.2) is 0 Å². The Morgan fingerprint density at radius 3 is 2.49 bits per heavy atom. The molecule has 0 aromatic heterocycles. The van der Waals surface area contributed by atoms with Gasteiger partial charge in [0.25, 0.3) is 0 Å². The molecule has 0 unspecified atom stereocenters. The molecule has 1 aromatic carbocycles. The van der Waals surface area contributed by atoms with Gasteiger partial charge in [-0.3, -0.25) is 9.59 Å². The Labute approximate surface area is 211 Å². The van der Waals surface area contributed by atoms with Gasteiger partial charge in [0.2, 0.25) is 11.8 Å². The van der Waals surface area contributed by atoms with E-state index in [1.165, 1.54) is 37.7 Å². The topological polar surface area (TPSA) is 60.9 Å². The number of nitrogens with zero attached hydrogens (tertiary/aromatic N) is 2. The van der Waals surface area contributed by atoms with Crippen molar-refractivity contribution in [1.82, 2.24) is 9.80 Å². The normalized spacial score (nSPS) is 30.2. The Morgan fingerprint density at radius 1 is 1.06 bits per heavy atom. The summed E-state index contributed by atoms with van der Waals surface area (Å²) in [6, 6.07) is 10.3. The van der Waals surface area contributed by atoms with E-state index in [1.807, 2.05) is 23.1 Å². The lowest BCUT2D eigenvalue weighted by Crippen LogP contribution is -2.64. The molecule has 1 spiro atoms. The van der Waals surface area contributed by atoms with E-state index in [2.05, 4.69) is 24.0 Å². The van der Waals surface area contributed by atoms with Gasteiger partial charge in [-0.1, -0.05) is 82.2 Å². The van der Waals surface area contributed by atoms with Crippen molar-refractivity contribution in [3.05, 3.63) is 35.9 Å². The molecule has 2 saturated heterocycles. The summed E-state index contributed by atoms with van der Waals surface area (Å²) in [5, 5.41) is 12.1. The largest absolute Gasteiger partial charge is 0.387 e. The maximum Gasteiger partial charge on any atom is 0.225 e. The molecule has 4 aliphatic rings. The van der Waals surface area contributed by atoms with Crippen LogP contribution in [0.15, 0.2) is 30.3 Å². The number of hydrogen-bond donors (Lipinski definition) is 1. The summed E-state index contributed by atoms with van der Waals surface area (Å²) in [5.74, 6) is 1.40. The van der Waals surface area contributed by atoms with E-state index in [4.69, 9.17) is 0 Å². The molecule has 1 aromatic rings. The van der Waals surface area contributed by atoms with E-state index in [0.717, 1.165) is 32.1 Å². The molecule has 2 amide bonds. The summed E-state index contributed by atoms with van der Waals surface area (Å²) < 4.78 is 0. The molecule has 2 aliphatic heterocycles. The summed E-state index contributed by atoms with van der Waals surface area (Å²) in [6.45, 7) is 4.47. The number of carbonyl (C=O) groups is 2. The number of amides is 2. The first-order chi connectivity index (χ1) is 16.9. The van der Waals surface area contributed by atoms with E-state index in [-0.39, 0.29) is 29.1 Å². The van der Waals surface area contributed by atoms with E-state index in [1.54, 1.807) is 0 Å². The lowest BCUT2D eigenvalue weighted by Gasteiger charge is -2.53. The standard InChI is InChI=1S/C30H44N2O3/c1-23(18-24-10-4-2-5-11-24)28(34)31-17-16-30(35,29(21-31)14-8-9-15-29)22-32-20-26(19-27(32)33)25-12-6-3-7-13-25/h3,6-7,12-13,23-24,26,35H,2,4-5,8-11,14-22H2,1H3/t23-,26-,30-/m1/s1. The minimum atomic E-state index is -0.909. The average Bonchev–Trinajstić information content (AvgIpc) is 3.49. The zero-order chi connectivity index (χ0) is 24.5. The van der Waals surface area contributed by atoms with Crippen LogP contribution in [0.5, 0.6) is 0 Å². The first-order valence-corrected chi connectivity index (χ1v) is 14.2. The zero-order valence-corrected chi connectivity index (χ0v) is 21.6. The molecule has 0 radical (unpaired) electrons. The van der Waals surface area contributed by atoms with Gasteiger partial charge in [-0.15, -0.1) is 0 Å². The zero-order valence-electron chi connectivity index (χ0n) is 21.6. The van der Waals surface area contributed by atoms with Crippen LogP contribution in [0.1, 0.15) is 95.5 Å². The van der Waals surface area contributed by atoms with Crippen LogP contribution in [0.2, 0.25) is 0 Å². The van der Waals surface area contributed by atoms with Crippen molar-refractivity contribution < 1.29 is 14.7 Å².